The van der Waals surface area contributed by atoms with Crippen LogP contribution in [0.3, 0.4) is 0 Å². The van der Waals surface area contributed by atoms with Gasteiger partial charge in [0, 0.05) is 12.8 Å². The van der Waals surface area contributed by atoms with Crippen molar-refractivity contribution in [1.82, 2.24) is 14.8 Å². The highest BCUT2D eigenvalue weighted by Crippen LogP contribution is 2.21. The molecule has 0 saturated heterocycles. The highest BCUT2D eigenvalue weighted by atomic mass is 32.2. The van der Waals surface area contributed by atoms with Crippen LogP contribution in [0.5, 0.6) is 0 Å². The smallest absolute Gasteiger partial charge is 0.338 e. The van der Waals surface area contributed by atoms with Crippen molar-refractivity contribution in [3.63, 3.8) is 0 Å². The first kappa shape index (κ1) is 12.6. The van der Waals surface area contributed by atoms with E-state index in [1.54, 1.807) is 17.0 Å². The molecule has 0 aliphatic heterocycles. The molecule has 1 N–H and O–H groups in total. The van der Waals surface area contributed by atoms with Crippen LogP contribution in [0.4, 0.5) is 4.39 Å². The van der Waals surface area contributed by atoms with E-state index in [1.807, 2.05) is 7.05 Å². The molecule has 0 saturated carbocycles. The molecule has 0 bridgehead atoms. The Balaban J connectivity index is 2.13. The van der Waals surface area contributed by atoms with Crippen molar-refractivity contribution in [1.29, 1.82) is 0 Å². The van der Waals surface area contributed by atoms with Gasteiger partial charge in [0.2, 0.25) is 0 Å². The fourth-order valence-corrected chi connectivity index (χ4v) is 2.21. The molecule has 2 aromatic rings. The Hall–Kier alpha value is -1.89. The molecule has 1 aromatic carbocycles. The van der Waals surface area contributed by atoms with Gasteiger partial charge < -0.3 is 9.67 Å². The number of hydrogen-bond donors (Lipinski definition) is 1. The number of rotatable bonds is 4. The zero-order valence-electron chi connectivity index (χ0n) is 9.50. The monoisotopic (exact) mass is 267 g/mol. The number of aromatic carboxylic acids is 1. The molecule has 0 atom stereocenters. The molecule has 5 nitrogen and oxygen atoms in total. The van der Waals surface area contributed by atoms with Gasteiger partial charge in [-0.25, -0.2) is 9.18 Å². The summed E-state index contributed by atoms with van der Waals surface area (Å²) in [6, 6.07) is 4.06. The average Bonchev–Trinajstić information content (AvgIpc) is 2.73. The molecule has 0 aliphatic carbocycles. The standard InChI is InChI=1S/C11H10FN3O2S/c1-15-6-13-14-11(15)18-5-7-2-3-9(12)8(4-7)10(16)17/h2-4,6H,5H2,1H3,(H,16,17). The molecule has 0 unspecified atom stereocenters. The minimum absolute atomic E-state index is 0.314. The van der Waals surface area contributed by atoms with Crippen molar-refractivity contribution in [3.05, 3.63) is 41.5 Å². The van der Waals surface area contributed by atoms with Crippen molar-refractivity contribution in [2.45, 2.75) is 10.9 Å². The first-order chi connectivity index (χ1) is 8.58. The Morgan fingerprint density at radius 3 is 2.94 bits per heavy atom. The van der Waals surface area contributed by atoms with Gasteiger partial charge in [0.05, 0.1) is 5.56 Å². The van der Waals surface area contributed by atoms with Gasteiger partial charge in [-0.2, -0.15) is 0 Å². The van der Waals surface area contributed by atoms with E-state index < -0.39 is 11.8 Å². The Bertz CT molecular complexity index is 585. The van der Waals surface area contributed by atoms with Crippen molar-refractivity contribution in [2.24, 2.45) is 7.05 Å². The third-order valence-corrected chi connectivity index (χ3v) is 3.40. The molecule has 1 aromatic heterocycles. The average molecular weight is 267 g/mol. The molecular formula is C11H10FN3O2S. The zero-order chi connectivity index (χ0) is 13.1. The molecule has 0 fully saturated rings. The predicted octanol–water partition coefficient (Wildman–Crippen LogP) is 1.94. The number of carboxylic acids is 1. The molecule has 18 heavy (non-hydrogen) atoms. The van der Waals surface area contributed by atoms with Gasteiger partial charge in [-0.15, -0.1) is 10.2 Å². The Morgan fingerprint density at radius 1 is 1.56 bits per heavy atom. The molecule has 1 heterocycles. The van der Waals surface area contributed by atoms with Gasteiger partial charge >= 0.3 is 5.97 Å². The summed E-state index contributed by atoms with van der Waals surface area (Å²) in [5.74, 6) is -1.49. The van der Waals surface area contributed by atoms with E-state index in [4.69, 9.17) is 5.11 Å². The largest absolute Gasteiger partial charge is 0.478 e. The van der Waals surface area contributed by atoms with Crippen molar-refractivity contribution in [3.8, 4) is 0 Å². The lowest BCUT2D eigenvalue weighted by molar-refractivity contribution is 0.0692. The molecule has 94 valence electrons. The fraction of sp³-hybridized carbons (Fsp3) is 0.182. The van der Waals surface area contributed by atoms with E-state index in [2.05, 4.69) is 10.2 Å². The van der Waals surface area contributed by atoms with Crippen molar-refractivity contribution >= 4 is 17.7 Å². The highest BCUT2D eigenvalue weighted by Gasteiger charge is 2.11. The minimum atomic E-state index is -1.27. The second-order valence-electron chi connectivity index (χ2n) is 3.63. The third kappa shape index (κ3) is 2.67. The van der Waals surface area contributed by atoms with E-state index in [0.29, 0.717) is 5.75 Å². The summed E-state index contributed by atoms with van der Waals surface area (Å²) in [4.78, 5) is 10.8. The van der Waals surface area contributed by atoms with Crippen LogP contribution >= 0.6 is 11.8 Å². The first-order valence-corrected chi connectivity index (χ1v) is 6.05. The number of thioether (sulfide) groups is 1. The van der Waals surface area contributed by atoms with Gasteiger partial charge in [-0.05, 0) is 17.7 Å². The lowest BCUT2D eigenvalue weighted by atomic mass is 10.1. The van der Waals surface area contributed by atoms with Crippen molar-refractivity contribution < 1.29 is 14.3 Å². The molecule has 2 rings (SSSR count). The lowest BCUT2D eigenvalue weighted by Crippen LogP contribution is -2.01. The number of carbonyl (C=O) groups is 1. The van der Waals surface area contributed by atoms with Crippen LogP contribution in [0, 0.1) is 5.82 Å². The maximum Gasteiger partial charge on any atom is 0.338 e. The zero-order valence-corrected chi connectivity index (χ0v) is 10.3. The van der Waals surface area contributed by atoms with Crippen LogP contribution in [0.25, 0.3) is 0 Å². The Morgan fingerprint density at radius 2 is 2.33 bits per heavy atom. The summed E-state index contributed by atoms with van der Waals surface area (Å²) in [5.41, 5.74) is 0.410. The van der Waals surface area contributed by atoms with Crippen LogP contribution in [-0.4, -0.2) is 25.8 Å². The van der Waals surface area contributed by atoms with E-state index in [0.717, 1.165) is 16.8 Å². The number of aromatic nitrogens is 3. The number of aryl methyl sites for hydroxylation is 1. The fourth-order valence-electron chi connectivity index (χ4n) is 1.38. The van der Waals surface area contributed by atoms with E-state index >= 15 is 0 Å². The summed E-state index contributed by atoms with van der Waals surface area (Å²) < 4.78 is 14.9. The van der Waals surface area contributed by atoms with Crippen LogP contribution in [0.2, 0.25) is 0 Å². The second kappa shape index (κ2) is 5.18. The summed E-state index contributed by atoms with van der Waals surface area (Å²) in [7, 11) is 1.82. The molecular weight excluding hydrogens is 257 g/mol. The third-order valence-electron chi connectivity index (χ3n) is 2.30. The number of hydrogen-bond acceptors (Lipinski definition) is 4. The second-order valence-corrected chi connectivity index (χ2v) is 4.57. The summed E-state index contributed by atoms with van der Waals surface area (Å²) >= 11 is 1.41. The molecule has 7 heteroatoms. The molecule has 0 spiro atoms. The maximum atomic E-state index is 13.2. The highest BCUT2D eigenvalue weighted by molar-refractivity contribution is 7.98. The molecule has 0 radical (unpaired) electrons. The Kier molecular flexibility index (Phi) is 3.61. The van der Waals surface area contributed by atoms with Gasteiger partial charge in [-0.3, -0.25) is 0 Å². The number of nitrogens with zero attached hydrogens (tertiary/aromatic N) is 3. The summed E-state index contributed by atoms with van der Waals surface area (Å²) in [6.07, 6.45) is 1.58. The number of halogens is 1. The van der Waals surface area contributed by atoms with Gasteiger partial charge in [0.15, 0.2) is 5.16 Å². The number of carboxylic acid groups (broad SMARTS) is 1. The normalized spacial score (nSPS) is 10.6. The van der Waals surface area contributed by atoms with Crippen LogP contribution in [0.15, 0.2) is 29.7 Å². The SMILES string of the molecule is Cn1cnnc1SCc1ccc(F)c(C(=O)O)c1. The van der Waals surface area contributed by atoms with Gasteiger partial charge in [-0.1, -0.05) is 17.8 Å². The van der Waals surface area contributed by atoms with Crippen LogP contribution in [0.1, 0.15) is 15.9 Å². The van der Waals surface area contributed by atoms with Gasteiger partial charge in [0.25, 0.3) is 0 Å². The summed E-state index contributed by atoms with van der Waals surface area (Å²) in [6.45, 7) is 0. The lowest BCUT2D eigenvalue weighted by Gasteiger charge is -2.03. The Labute approximate surface area is 107 Å². The molecule has 0 amide bonds. The quantitative estimate of drug-likeness (QED) is 0.857. The van der Waals surface area contributed by atoms with E-state index in [-0.39, 0.29) is 5.56 Å². The van der Waals surface area contributed by atoms with E-state index in [1.165, 1.54) is 17.8 Å². The minimum Gasteiger partial charge on any atom is -0.478 e. The molecule has 0 aliphatic rings. The van der Waals surface area contributed by atoms with E-state index in [9.17, 15) is 9.18 Å². The first-order valence-electron chi connectivity index (χ1n) is 5.06. The number of benzene rings is 1. The van der Waals surface area contributed by atoms with Gasteiger partial charge in [0.1, 0.15) is 12.1 Å². The topological polar surface area (TPSA) is 68.0 Å². The maximum absolute atomic E-state index is 13.2. The van der Waals surface area contributed by atoms with Crippen LogP contribution < -0.4 is 0 Å². The summed E-state index contributed by atoms with van der Waals surface area (Å²) in [5, 5.41) is 17.2. The predicted molar refractivity (Wildman–Crippen MR) is 63.9 cm³/mol. The van der Waals surface area contributed by atoms with Crippen LogP contribution in [-0.2, 0) is 12.8 Å². The van der Waals surface area contributed by atoms with Crippen molar-refractivity contribution in [2.75, 3.05) is 0 Å².